The number of rotatable bonds is 10. The fraction of sp³-hybridized carbons (Fsp3) is 0.545. The number of hydrogen-bond donors (Lipinski definition) is 0. The molecule has 4 heteroatoms. The molecule has 0 aromatic heterocycles. The Hall–Kier alpha value is -2.10. The summed E-state index contributed by atoms with van der Waals surface area (Å²) in [5, 5.41) is 0. The van der Waals surface area contributed by atoms with Crippen LogP contribution >= 0.6 is 0 Å². The third-order valence-electron chi connectivity index (χ3n) is 4.81. The monoisotopic (exact) mass is 357 g/mol. The van der Waals surface area contributed by atoms with Crippen LogP contribution in [0.2, 0.25) is 0 Å². The van der Waals surface area contributed by atoms with Crippen LogP contribution in [-0.2, 0) is 16.1 Å². The highest BCUT2D eigenvalue weighted by atomic mass is 16.6. The maximum atomic E-state index is 12.4. The van der Waals surface area contributed by atoms with E-state index in [0.717, 1.165) is 24.8 Å². The Kier molecular flexibility index (Phi) is 8.94. The lowest BCUT2D eigenvalue weighted by Crippen LogP contribution is -2.40. The number of allylic oxidation sites excluding steroid dienone is 1. The van der Waals surface area contributed by atoms with Gasteiger partial charge in [0.1, 0.15) is 6.61 Å². The van der Waals surface area contributed by atoms with E-state index >= 15 is 0 Å². The summed E-state index contributed by atoms with van der Waals surface area (Å²) < 4.78 is 5.43. The number of hydrogen-bond acceptors (Lipinski definition) is 3. The predicted octanol–water partition coefficient (Wildman–Crippen LogP) is 5.62. The molecule has 0 aliphatic carbocycles. The lowest BCUT2D eigenvalue weighted by atomic mass is 9.98. The van der Waals surface area contributed by atoms with Crippen LogP contribution in [0.5, 0.6) is 0 Å². The molecular weight excluding hydrogens is 326 g/mol. The lowest BCUT2D eigenvalue weighted by Gasteiger charge is -2.30. The van der Waals surface area contributed by atoms with Crippen LogP contribution in [0.1, 0.15) is 70.3 Å². The lowest BCUT2D eigenvalue weighted by molar-refractivity contribution is -0.116. The number of carbonyl (C=O) groups excluding carboxylic acids is 2. The molecule has 0 saturated heterocycles. The number of nitrogens with zero attached hydrogens (tertiary/aromatic N) is 1. The van der Waals surface area contributed by atoms with E-state index < -0.39 is 0 Å². The molecule has 1 unspecified atom stereocenters. The Labute approximate surface area is 157 Å². The van der Waals surface area contributed by atoms with Crippen molar-refractivity contribution in [1.82, 2.24) is 4.90 Å². The van der Waals surface area contributed by atoms with E-state index in [1.165, 1.54) is 38.2 Å². The zero-order valence-electron chi connectivity index (χ0n) is 15.9. The van der Waals surface area contributed by atoms with Crippen molar-refractivity contribution in [3.8, 4) is 0 Å². The molecule has 1 aromatic rings. The normalized spacial score (nSPS) is 16.7. The highest BCUT2D eigenvalue weighted by Crippen LogP contribution is 2.21. The van der Waals surface area contributed by atoms with Gasteiger partial charge in [0.05, 0.1) is 0 Å². The van der Waals surface area contributed by atoms with E-state index in [1.54, 1.807) is 11.1 Å². The van der Waals surface area contributed by atoms with Gasteiger partial charge >= 0.3 is 6.09 Å². The third-order valence-corrected chi connectivity index (χ3v) is 4.81. The van der Waals surface area contributed by atoms with Crippen LogP contribution in [0.15, 0.2) is 42.6 Å². The van der Waals surface area contributed by atoms with Crippen molar-refractivity contribution < 1.29 is 14.3 Å². The fourth-order valence-corrected chi connectivity index (χ4v) is 3.27. The molecule has 1 amide bonds. The van der Waals surface area contributed by atoms with Gasteiger partial charge < -0.3 is 4.74 Å². The van der Waals surface area contributed by atoms with E-state index in [4.69, 9.17) is 4.74 Å². The molecular formula is C22H31NO3. The summed E-state index contributed by atoms with van der Waals surface area (Å²) in [6.45, 7) is 2.47. The van der Waals surface area contributed by atoms with E-state index in [1.807, 2.05) is 30.3 Å². The Morgan fingerprint density at radius 3 is 2.50 bits per heavy atom. The smallest absolute Gasteiger partial charge is 0.414 e. The average Bonchev–Trinajstić information content (AvgIpc) is 2.66. The van der Waals surface area contributed by atoms with E-state index in [9.17, 15) is 9.59 Å². The van der Waals surface area contributed by atoms with E-state index in [2.05, 4.69) is 6.92 Å². The molecule has 1 heterocycles. The molecule has 1 aliphatic heterocycles. The first kappa shape index (κ1) is 20.2. The summed E-state index contributed by atoms with van der Waals surface area (Å²) in [5.74, 6) is 0.0880. The summed E-state index contributed by atoms with van der Waals surface area (Å²) in [4.78, 5) is 25.8. The highest BCUT2D eigenvalue weighted by molar-refractivity contribution is 5.92. The van der Waals surface area contributed by atoms with E-state index in [0.29, 0.717) is 6.42 Å². The number of unbranched alkanes of at least 4 members (excludes halogenated alkanes) is 6. The average molecular weight is 357 g/mol. The van der Waals surface area contributed by atoms with Gasteiger partial charge in [-0.05, 0) is 18.1 Å². The van der Waals surface area contributed by atoms with Crippen LogP contribution in [0, 0.1) is 0 Å². The van der Waals surface area contributed by atoms with Gasteiger partial charge in [-0.3, -0.25) is 9.69 Å². The zero-order chi connectivity index (χ0) is 18.6. The highest BCUT2D eigenvalue weighted by Gasteiger charge is 2.27. The first-order valence-corrected chi connectivity index (χ1v) is 9.90. The van der Waals surface area contributed by atoms with Crippen LogP contribution in [0.4, 0.5) is 4.79 Å². The van der Waals surface area contributed by atoms with Gasteiger partial charge in [0.15, 0.2) is 5.78 Å². The van der Waals surface area contributed by atoms with Crippen molar-refractivity contribution in [3.05, 3.63) is 48.2 Å². The standard InChI is InChI=1S/C22H31NO3/c1-2-3-4-5-6-7-11-14-20-17-21(24)15-16-23(20)22(25)26-18-19-12-9-8-10-13-19/h8-10,12-13,15-16,20H,2-7,11,14,17-18H2,1H3. The van der Waals surface area contributed by atoms with Gasteiger partial charge in [0.2, 0.25) is 0 Å². The first-order valence-electron chi connectivity index (χ1n) is 9.90. The molecule has 1 aromatic carbocycles. The van der Waals surface area contributed by atoms with Gasteiger partial charge in [-0.15, -0.1) is 0 Å². The fourth-order valence-electron chi connectivity index (χ4n) is 3.27. The predicted molar refractivity (Wildman–Crippen MR) is 104 cm³/mol. The Balaban J connectivity index is 1.77. The summed E-state index contributed by atoms with van der Waals surface area (Å²) in [7, 11) is 0. The van der Waals surface area contributed by atoms with E-state index in [-0.39, 0.29) is 24.5 Å². The van der Waals surface area contributed by atoms with Crippen LogP contribution in [0.3, 0.4) is 0 Å². The zero-order valence-corrected chi connectivity index (χ0v) is 15.9. The maximum absolute atomic E-state index is 12.4. The third kappa shape index (κ3) is 7.03. The van der Waals surface area contributed by atoms with Gasteiger partial charge in [0, 0.05) is 18.7 Å². The van der Waals surface area contributed by atoms with Crippen molar-refractivity contribution in [2.75, 3.05) is 0 Å². The van der Waals surface area contributed by atoms with Gasteiger partial charge in [-0.1, -0.05) is 82.2 Å². The second-order valence-corrected chi connectivity index (χ2v) is 7.00. The number of ether oxygens (including phenoxy) is 1. The largest absolute Gasteiger partial charge is 0.444 e. The Bertz CT molecular complexity index is 582. The number of ketones is 1. The van der Waals surface area contributed by atoms with Gasteiger partial charge in [-0.25, -0.2) is 4.79 Å². The molecule has 26 heavy (non-hydrogen) atoms. The molecule has 0 fully saturated rings. The SMILES string of the molecule is CCCCCCCCCC1CC(=O)C=CN1C(=O)OCc1ccccc1. The molecule has 1 atom stereocenters. The molecule has 4 nitrogen and oxygen atoms in total. The number of carbonyl (C=O) groups is 2. The van der Waals surface area contributed by atoms with Crippen LogP contribution in [0.25, 0.3) is 0 Å². The molecule has 0 N–H and O–H groups in total. The quantitative estimate of drug-likeness (QED) is 0.510. The second kappa shape index (κ2) is 11.5. The Morgan fingerprint density at radius 2 is 1.77 bits per heavy atom. The van der Waals surface area contributed by atoms with Crippen LogP contribution in [-0.4, -0.2) is 22.8 Å². The minimum atomic E-state index is -0.370. The molecule has 142 valence electrons. The van der Waals surface area contributed by atoms with Crippen molar-refractivity contribution in [3.63, 3.8) is 0 Å². The molecule has 0 spiro atoms. The molecule has 0 saturated carbocycles. The number of amides is 1. The van der Waals surface area contributed by atoms with Crippen molar-refractivity contribution >= 4 is 11.9 Å². The molecule has 0 bridgehead atoms. The first-order chi connectivity index (χ1) is 12.7. The van der Waals surface area contributed by atoms with Crippen molar-refractivity contribution in [1.29, 1.82) is 0 Å². The summed E-state index contributed by atoms with van der Waals surface area (Å²) in [6, 6.07) is 9.56. The van der Waals surface area contributed by atoms with Crippen LogP contribution < -0.4 is 0 Å². The second-order valence-electron chi connectivity index (χ2n) is 7.00. The van der Waals surface area contributed by atoms with Gasteiger partial charge in [0.25, 0.3) is 0 Å². The number of benzene rings is 1. The summed E-state index contributed by atoms with van der Waals surface area (Å²) in [5.41, 5.74) is 0.960. The Morgan fingerprint density at radius 1 is 1.08 bits per heavy atom. The minimum Gasteiger partial charge on any atom is -0.444 e. The van der Waals surface area contributed by atoms with Crippen molar-refractivity contribution in [2.24, 2.45) is 0 Å². The summed E-state index contributed by atoms with van der Waals surface area (Å²) >= 11 is 0. The van der Waals surface area contributed by atoms with Crippen molar-refractivity contribution in [2.45, 2.75) is 77.4 Å². The molecule has 2 rings (SSSR count). The topological polar surface area (TPSA) is 46.6 Å². The molecule has 1 aliphatic rings. The summed E-state index contributed by atoms with van der Waals surface area (Å²) in [6.07, 6.45) is 12.5. The maximum Gasteiger partial charge on any atom is 0.414 e. The van der Waals surface area contributed by atoms with Gasteiger partial charge in [-0.2, -0.15) is 0 Å². The molecule has 0 radical (unpaired) electrons. The minimum absolute atomic E-state index is 0.0774.